The highest BCUT2D eigenvalue weighted by molar-refractivity contribution is 7.09. The number of hydrogen-bond acceptors (Lipinski definition) is 3. The van der Waals surface area contributed by atoms with Crippen molar-refractivity contribution >= 4 is 11.3 Å². The Morgan fingerprint density at radius 3 is 2.79 bits per heavy atom. The fourth-order valence-corrected chi connectivity index (χ4v) is 2.74. The van der Waals surface area contributed by atoms with E-state index in [1.54, 1.807) is 11.3 Å². The number of aliphatic hydroxyl groups excluding tert-OH is 1. The third kappa shape index (κ3) is 7.51. The predicted octanol–water partition coefficient (Wildman–Crippen LogP) is 3.92. The summed E-state index contributed by atoms with van der Waals surface area (Å²) in [4.78, 5) is 3.75. The molecule has 1 rings (SSSR count). The highest BCUT2D eigenvalue weighted by Gasteiger charge is 2.12. The fraction of sp³-hybridized carbons (Fsp3) is 0.625. The minimum atomic E-state index is -0.245. The summed E-state index contributed by atoms with van der Waals surface area (Å²) < 4.78 is 0. The van der Waals surface area contributed by atoms with E-state index in [0.717, 1.165) is 32.5 Å². The van der Waals surface area contributed by atoms with E-state index in [1.807, 2.05) is 6.08 Å². The topological polar surface area (TPSA) is 23.5 Å². The molecule has 1 unspecified atom stereocenters. The summed E-state index contributed by atoms with van der Waals surface area (Å²) in [6.45, 7) is 11.0. The number of thiophene rings is 1. The molecule has 0 bridgehead atoms. The standard InChI is InChI=1S/C16H27NOS/c1-4-5-7-15(18)12-17(10-9-14(2)3)13-16-8-6-11-19-16/h4,6,8,11,14-15,18H,1,5,7,9-10,12-13H2,2-3H3. The third-order valence-electron chi connectivity index (χ3n) is 3.16. The maximum Gasteiger partial charge on any atom is 0.0670 e. The van der Waals surface area contributed by atoms with Gasteiger partial charge in [0.2, 0.25) is 0 Å². The van der Waals surface area contributed by atoms with Gasteiger partial charge in [0.05, 0.1) is 6.10 Å². The highest BCUT2D eigenvalue weighted by Crippen LogP contribution is 2.14. The van der Waals surface area contributed by atoms with E-state index in [2.05, 4.69) is 42.8 Å². The fourth-order valence-electron chi connectivity index (χ4n) is 2.00. The summed E-state index contributed by atoms with van der Waals surface area (Å²) in [5.41, 5.74) is 0. The Bertz CT molecular complexity index is 335. The first kappa shape index (κ1) is 16.4. The Kier molecular flexibility index (Phi) is 8.03. The number of hydrogen-bond donors (Lipinski definition) is 1. The lowest BCUT2D eigenvalue weighted by molar-refractivity contribution is 0.1000. The maximum absolute atomic E-state index is 10.1. The molecule has 1 aromatic heterocycles. The van der Waals surface area contributed by atoms with Gasteiger partial charge in [0.25, 0.3) is 0 Å². The quantitative estimate of drug-likeness (QED) is 0.657. The van der Waals surface area contributed by atoms with E-state index in [0.29, 0.717) is 5.92 Å². The molecule has 0 fully saturated rings. The lowest BCUT2D eigenvalue weighted by Crippen LogP contribution is -2.33. The van der Waals surface area contributed by atoms with Crippen molar-refractivity contribution in [3.8, 4) is 0 Å². The van der Waals surface area contributed by atoms with Gasteiger partial charge < -0.3 is 5.11 Å². The van der Waals surface area contributed by atoms with Crippen LogP contribution in [-0.2, 0) is 6.54 Å². The van der Waals surface area contributed by atoms with Gasteiger partial charge in [0.15, 0.2) is 0 Å². The summed E-state index contributed by atoms with van der Waals surface area (Å²) in [6.07, 6.45) is 4.51. The van der Waals surface area contributed by atoms with Crippen molar-refractivity contribution in [3.63, 3.8) is 0 Å². The molecule has 19 heavy (non-hydrogen) atoms. The van der Waals surface area contributed by atoms with Crippen LogP contribution in [0.1, 0.15) is 38.0 Å². The van der Waals surface area contributed by atoms with Crippen molar-refractivity contribution in [2.24, 2.45) is 5.92 Å². The Morgan fingerprint density at radius 2 is 2.21 bits per heavy atom. The molecule has 0 aliphatic heterocycles. The predicted molar refractivity (Wildman–Crippen MR) is 84.5 cm³/mol. The molecule has 108 valence electrons. The molecular formula is C16H27NOS. The van der Waals surface area contributed by atoms with Crippen molar-refractivity contribution in [3.05, 3.63) is 35.0 Å². The molecule has 0 amide bonds. The largest absolute Gasteiger partial charge is 0.392 e. The normalized spacial score (nSPS) is 13.1. The second kappa shape index (κ2) is 9.29. The molecule has 0 aliphatic carbocycles. The van der Waals surface area contributed by atoms with Gasteiger partial charge >= 0.3 is 0 Å². The van der Waals surface area contributed by atoms with Gasteiger partial charge in [0.1, 0.15) is 0 Å². The molecule has 2 nitrogen and oxygen atoms in total. The molecular weight excluding hydrogens is 254 g/mol. The van der Waals surface area contributed by atoms with E-state index in [4.69, 9.17) is 0 Å². The number of allylic oxidation sites excluding steroid dienone is 1. The van der Waals surface area contributed by atoms with Gasteiger partial charge in [-0.05, 0) is 43.2 Å². The van der Waals surface area contributed by atoms with Gasteiger partial charge in [-0.1, -0.05) is 26.0 Å². The summed E-state index contributed by atoms with van der Waals surface area (Å²) in [7, 11) is 0. The van der Waals surface area contributed by atoms with Crippen LogP contribution in [0.15, 0.2) is 30.2 Å². The van der Waals surface area contributed by atoms with E-state index in [1.165, 1.54) is 11.3 Å². The zero-order valence-electron chi connectivity index (χ0n) is 12.2. The van der Waals surface area contributed by atoms with Gasteiger partial charge in [-0.3, -0.25) is 4.90 Å². The second-order valence-electron chi connectivity index (χ2n) is 5.52. The van der Waals surface area contributed by atoms with Crippen LogP contribution in [0, 0.1) is 5.92 Å². The SMILES string of the molecule is C=CCCC(O)CN(CCC(C)C)Cc1cccs1. The maximum atomic E-state index is 10.1. The van der Waals surface area contributed by atoms with Crippen LogP contribution in [0.2, 0.25) is 0 Å². The van der Waals surface area contributed by atoms with Gasteiger partial charge in [-0.2, -0.15) is 0 Å². The first-order chi connectivity index (χ1) is 9.11. The summed E-state index contributed by atoms with van der Waals surface area (Å²) >= 11 is 1.79. The van der Waals surface area contributed by atoms with Crippen molar-refractivity contribution in [2.75, 3.05) is 13.1 Å². The number of rotatable bonds is 10. The van der Waals surface area contributed by atoms with Crippen LogP contribution in [0.5, 0.6) is 0 Å². The smallest absolute Gasteiger partial charge is 0.0670 e. The minimum Gasteiger partial charge on any atom is -0.392 e. The van der Waals surface area contributed by atoms with Crippen LogP contribution in [-0.4, -0.2) is 29.2 Å². The number of nitrogens with zero attached hydrogens (tertiary/aromatic N) is 1. The molecule has 0 saturated heterocycles. The first-order valence-corrected chi connectivity index (χ1v) is 8.03. The van der Waals surface area contributed by atoms with Gasteiger partial charge in [0, 0.05) is 18.0 Å². The average Bonchev–Trinajstić information content (AvgIpc) is 2.86. The van der Waals surface area contributed by atoms with Crippen LogP contribution in [0.3, 0.4) is 0 Å². The Morgan fingerprint density at radius 1 is 1.42 bits per heavy atom. The highest BCUT2D eigenvalue weighted by atomic mass is 32.1. The lowest BCUT2D eigenvalue weighted by atomic mass is 10.1. The van der Waals surface area contributed by atoms with E-state index in [-0.39, 0.29) is 6.10 Å². The zero-order chi connectivity index (χ0) is 14.1. The van der Waals surface area contributed by atoms with Crippen LogP contribution in [0.4, 0.5) is 0 Å². The third-order valence-corrected chi connectivity index (χ3v) is 4.02. The molecule has 1 heterocycles. The Labute approximate surface area is 121 Å². The molecule has 0 radical (unpaired) electrons. The molecule has 0 saturated carbocycles. The average molecular weight is 281 g/mol. The van der Waals surface area contributed by atoms with Gasteiger partial charge in [-0.25, -0.2) is 0 Å². The van der Waals surface area contributed by atoms with Gasteiger partial charge in [-0.15, -0.1) is 17.9 Å². The molecule has 1 aromatic rings. The second-order valence-corrected chi connectivity index (χ2v) is 6.55. The molecule has 1 N–H and O–H groups in total. The Hall–Kier alpha value is -0.640. The van der Waals surface area contributed by atoms with E-state index in [9.17, 15) is 5.11 Å². The lowest BCUT2D eigenvalue weighted by Gasteiger charge is -2.25. The molecule has 0 aliphatic rings. The molecule has 1 atom stereocenters. The van der Waals surface area contributed by atoms with Crippen molar-refractivity contribution in [1.29, 1.82) is 0 Å². The zero-order valence-corrected chi connectivity index (χ0v) is 13.0. The van der Waals surface area contributed by atoms with Crippen LogP contribution < -0.4 is 0 Å². The monoisotopic (exact) mass is 281 g/mol. The minimum absolute atomic E-state index is 0.245. The summed E-state index contributed by atoms with van der Waals surface area (Å²) in [5, 5.41) is 12.2. The molecule has 3 heteroatoms. The summed E-state index contributed by atoms with van der Waals surface area (Å²) in [5.74, 6) is 0.705. The Balaban J connectivity index is 2.45. The van der Waals surface area contributed by atoms with Crippen molar-refractivity contribution < 1.29 is 5.11 Å². The van der Waals surface area contributed by atoms with E-state index >= 15 is 0 Å². The van der Waals surface area contributed by atoms with E-state index < -0.39 is 0 Å². The van der Waals surface area contributed by atoms with Crippen LogP contribution >= 0.6 is 11.3 Å². The van der Waals surface area contributed by atoms with Crippen molar-refractivity contribution in [2.45, 2.75) is 45.8 Å². The summed E-state index contributed by atoms with van der Waals surface area (Å²) in [6, 6.07) is 4.26. The molecule has 0 aromatic carbocycles. The molecule has 0 spiro atoms. The first-order valence-electron chi connectivity index (χ1n) is 7.15. The number of aliphatic hydroxyl groups is 1. The van der Waals surface area contributed by atoms with Crippen molar-refractivity contribution in [1.82, 2.24) is 4.90 Å². The van der Waals surface area contributed by atoms with Crippen LogP contribution in [0.25, 0.3) is 0 Å².